The number of hydrogen-bond acceptors (Lipinski definition) is 8. The summed E-state index contributed by atoms with van der Waals surface area (Å²) in [5.41, 5.74) is 5.62. The maximum atomic E-state index is 10.6. The van der Waals surface area contributed by atoms with E-state index in [1.807, 2.05) is 0 Å². The SMILES string of the molecule is COC(=O)N/N=C/c1cccc(O)c1.COC(=O)N/N=C/c1cccc(O)c1.O.O.O.O. The summed E-state index contributed by atoms with van der Waals surface area (Å²) in [6.07, 6.45) is 1.52. The van der Waals surface area contributed by atoms with Gasteiger partial charge < -0.3 is 41.6 Å². The van der Waals surface area contributed by atoms with Gasteiger partial charge >= 0.3 is 12.2 Å². The molecule has 0 aromatic heterocycles. The van der Waals surface area contributed by atoms with Gasteiger partial charge in [0, 0.05) is 0 Å². The molecule has 2 amide bonds. The Morgan fingerprint density at radius 1 is 0.750 bits per heavy atom. The van der Waals surface area contributed by atoms with Crippen molar-refractivity contribution in [3.63, 3.8) is 0 Å². The summed E-state index contributed by atoms with van der Waals surface area (Å²) in [6.45, 7) is 0. The molecule has 14 heteroatoms. The van der Waals surface area contributed by atoms with Gasteiger partial charge in [0.05, 0.1) is 26.6 Å². The predicted molar refractivity (Wildman–Crippen MR) is 117 cm³/mol. The van der Waals surface area contributed by atoms with Crippen LogP contribution >= 0.6 is 0 Å². The van der Waals surface area contributed by atoms with E-state index in [0.29, 0.717) is 11.1 Å². The lowest BCUT2D eigenvalue weighted by atomic mass is 10.2. The number of methoxy groups -OCH3 is 2. The van der Waals surface area contributed by atoms with E-state index < -0.39 is 12.2 Å². The van der Waals surface area contributed by atoms with Crippen LogP contribution in [0.15, 0.2) is 58.7 Å². The summed E-state index contributed by atoms with van der Waals surface area (Å²) >= 11 is 0. The van der Waals surface area contributed by atoms with Crippen LogP contribution in [0.25, 0.3) is 0 Å². The van der Waals surface area contributed by atoms with E-state index in [0.717, 1.165) is 0 Å². The number of nitrogens with zero attached hydrogens (tertiary/aromatic N) is 2. The molecule has 32 heavy (non-hydrogen) atoms. The maximum absolute atomic E-state index is 10.6. The molecule has 2 aromatic rings. The Bertz CT molecular complexity index is 777. The Hall–Kier alpha value is -4.24. The summed E-state index contributed by atoms with van der Waals surface area (Å²) in [5, 5.41) is 25.4. The quantitative estimate of drug-likeness (QED) is 0.323. The van der Waals surface area contributed by atoms with E-state index >= 15 is 0 Å². The highest BCUT2D eigenvalue weighted by Crippen LogP contribution is 2.09. The van der Waals surface area contributed by atoms with Crippen LogP contribution in [0.3, 0.4) is 0 Å². The Morgan fingerprint density at radius 2 is 1.09 bits per heavy atom. The van der Waals surface area contributed by atoms with E-state index in [1.54, 1.807) is 36.4 Å². The minimum absolute atomic E-state index is 0. The molecule has 0 aliphatic rings. The Kier molecular flexibility index (Phi) is 22.1. The number of carbonyl (C=O) groups excluding carboxylic acids is 2. The zero-order valence-corrected chi connectivity index (χ0v) is 17.2. The minimum atomic E-state index is -0.638. The summed E-state index contributed by atoms with van der Waals surface area (Å²) in [6, 6.07) is 13.0. The smallest absolute Gasteiger partial charge is 0.427 e. The van der Waals surface area contributed by atoms with E-state index in [1.165, 1.54) is 38.8 Å². The van der Waals surface area contributed by atoms with Gasteiger partial charge in [-0.15, -0.1) is 0 Å². The average molecular weight is 460 g/mol. The van der Waals surface area contributed by atoms with E-state index in [2.05, 4.69) is 30.5 Å². The number of amides is 2. The normalized spacial score (nSPS) is 8.81. The summed E-state index contributed by atoms with van der Waals surface area (Å²) in [4.78, 5) is 21.1. The Balaban J connectivity index is -0.000000218. The van der Waals surface area contributed by atoms with Crippen molar-refractivity contribution in [2.45, 2.75) is 0 Å². The second kappa shape index (κ2) is 20.0. The number of carbonyl (C=O) groups is 2. The molecule has 0 heterocycles. The van der Waals surface area contributed by atoms with Crippen molar-refractivity contribution >= 4 is 24.6 Å². The van der Waals surface area contributed by atoms with Crippen LogP contribution in [0.4, 0.5) is 9.59 Å². The van der Waals surface area contributed by atoms with Crippen LogP contribution in [0.2, 0.25) is 0 Å². The van der Waals surface area contributed by atoms with Crippen molar-refractivity contribution in [3.8, 4) is 11.5 Å². The predicted octanol–water partition coefficient (Wildman–Crippen LogP) is -1.13. The molecule has 0 atom stereocenters. The monoisotopic (exact) mass is 460 g/mol. The highest BCUT2D eigenvalue weighted by molar-refractivity contribution is 5.81. The van der Waals surface area contributed by atoms with Gasteiger partial charge in [-0.05, 0) is 35.4 Å². The molecule has 12 N–H and O–H groups in total. The van der Waals surface area contributed by atoms with Gasteiger partial charge in [-0.3, -0.25) is 0 Å². The first-order valence-electron chi connectivity index (χ1n) is 7.76. The van der Waals surface area contributed by atoms with Gasteiger partial charge in [-0.2, -0.15) is 10.2 Å². The topological polar surface area (TPSA) is 268 Å². The number of hydrazone groups is 2. The number of hydrogen-bond donors (Lipinski definition) is 4. The number of benzene rings is 2. The lowest BCUT2D eigenvalue weighted by molar-refractivity contribution is 0.170. The fourth-order valence-corrected chi connectivity index (χ4v) is 1.62. The van der Waals surface area contributed by atoms with Crippen LogP contribution < -0.4 is 10.9 Å². The molecule has 0 saturated carbocycles. The molecule has 0 aliphatic heterocycles. The van der Waals surface area contributed by atoms with E-state index in [-0.39, 0.29) is 33.4 Å². The van der Waals surface area contributed by atoms with Crippen molar-refractivity contribution in [1.29, 1.82) is 0 Å². The van der Waals surface area contributed by atoms with Crippen molar-refractivity contribution < 1.29 is 51.2 Å². The summed E-state index contributed by atoms with van der Waals surface area (Å²) < 4.78 is 8.60. The van der Waals surface area contributed by atoms with Gasteiger partial charge in [0.15, 0.2) is 0 Å². The van der Waals surface area contributed by atoms with Gasteiger partial charge in [-0.1, -0.05) is 24.3 Å². The molecule has 0 aliphatic carbocycles. The second-order valence-electron chi connectivity index (χ2n) is 4.91. The zero-order valence-electron chi connectivity index (χ0n) is 17.2. The largest absolute Gasteiger partial charge is 0.508 e. The van der Waals surface area contributed by atoms with Crippen molar-refractivity contribution in [3.05, 3.63) is 59.7 Å². The molecule has 0 spiro atoms. The van der Waals surface area contributed by atoms with Gasteiger partial charge in [0.25, 0.3) is 0 Å². The third-order valence-corrected chi connectivity index (χ3v) is 2.85. The lowest BCUT2D eigenvalue weighted by Gasteiger charge is -1.96. The number of aromatic hydroxyl groups is 2. The molecule has 180 valence electrons. The number of ether oxygens (including phenoxy) is 2. The van der Waals surface area contributed by atoms with Crippen molar-refractivity contribution in [1.82, 2.24) is 10.9 Å². The first-order valence-corrected chi connectivity index (χ1v) is 7.76. The van der Waals surface area contributed by atoms with Gasteiger partial charge in [0.1, 0.15) is 11.5 Å². The van der Waals surface area contributed by atoms with Crippen LogP contribution in [-0.2, 0) is 9.47 Å². The Morgan fingerprint density at radius 3 is 1.38 bits per heavy atom. The third kappa shape index (κ3) is 15.7. The molecule has 2 rings (SSSR count). The van der Waals surface area contributed by atoms with Gasteiger partial charge in [0.2, 0.25) is 0 Å². The molecule has 14 nitrogen and oxygen atoms in total. The summed E-state index contributed by atoms with van der Waals surface area (Å²) in [7, 11) is 2.50. The zero-order chi connectivity index (χ0) is 20.8. The van der Waals surface area contributed by atoms with Crippen LogP contribution in [-0.4, -0.2) is 71.0 Å². The molecular weight excluding hydrogens is 432 g/mol. The standard InChI is InChI=1S/2C9H10N2O3.4H2O/c2*1-14-9(13)11-10-6-7-3-2-4-8(12)5-7;;;;/h2*2-6,12H,1H3,(H,11,13);4*1H2/b2*10-6+;;;;. The van der Waals surface area contributed by atoms with E-state index in [9.17, 15) is 9.59 Å². The molecule has 0 radical (unpaired) electrons. The lowest BCUT2D eigenvalue weighted by Crippen LogP contribution is -2.16. The number of phenolic OH excluding ortho intramolecular Hbond substituents is 2. The maximum Gasteiger partial charge on any atom is 0.427 e. The number of phenols is 2. The average Bonchev–Trinajstić information content (AvgIpc) is 2.68. The first kappa shape index (κ1) is 35.2. The molecule has 0 bridgehead atoms. The van der Waals surface area contributed by atoms with E-state index in [4.69, 9.17) is 10.2 Å². The number of rotatable bonds is 4. The summed E-state index contributed by atoms with van der Waals surface area (Å²) in [5.74, 6) is 0.291. The minimum Gasteiger partial charge on any atom is -0.508 e. The molecule has 0 unspecified atom stereocenters. The van der Waals surface area contributed by atoms with Crippen LogP contribution in [0.5, 0.6) is 11.5 Å². The second-order valence-corrected chi connectivity index (χ2v) is 4.91. The highest BCUT2D eigenvalue weighted by Gasteiger charge is 1.94. The molecular formula is C18H28N4O10. The number of nitrogens with one attached hydrogen (secondary N) is 2. The fraction of sp³-hybridized carbons (Fsp3) is 0.111. The fourth-order valence-electron chi connectivity index (χ4n) is 1.62. The van der Waals surface area contributed by atoms with Crippen molar-refractivity contribution in [2.24, 2.45) is 10.2 Å². The molecule has 2 aromatic carbocycles. The molecule has 0 fully saturated rings. The van der Waals surface area contributed by atoms with Crippen molar-refractivity contribution in [2.75, 3.05) is 14.2 Å². The third-order valence-electron chi connectivity index (χ3n) is 2.85. The van der Waals surface area contributed by atoms with Crippen LogP contribution in [0.1, 0.15) is 11.1 Å². The highest BCUT2D eigenvalue weighted by atomic mass is 16.5. The molecule has 0 saturated heterocycles. The first-order chi connectivity index (χ1) is 13.4. The van der Waals surface area contributed by atoms with Gasteiger partial charge in [-0.25, -0.2) is 20.4 Å². The Labute approximate surface area is 183 Å². The van der Waals surface area contributed by atoms with Crippen LogP contribution in [0, 0.1) is 0 Å².